The third-order valence-corrected chi connectivity index (χ3v) is 3.92. The molecule has 0 amide bonds. The Labute approximate surface area is 81.3 Å². The summed E-state index contributed by atoms with van der Waals surface area (Å²) in [6.07, 6.45) is 3.64. The van der Waals surface area contributed by atoms with Gasteiger partial charge in [0.15, 0.2) is 3.57 Å². The molecule has 0 saturated carbocycles. The van der Waals surface area contributed by atoms with Crippen LogP contribution in [0.15, 0.2) is 42.9 Å². The Morgan fingerprint density at radius 3 is 2.67 bits per heavy atom. The molecule has 1 N–H and O–H groups in total. The Morgan fingerprint density at radius 2 is 2.00 bits per heavy atom. The van der Waals surface area contributed by atoms with Gasteiger partial charge >= 0.3 is 21.2 Å². The van der Waals surface area contributed by atoms with Gasteiger partial charge in [-0.1, -0.05) is 18.2 Å². The zero-order valence-electron chi connectivity index (χ0n) is 6.37. The van der Waals surface area contributed by atoms with Gasteiger partial charge < -0.3 is 4.98 Å². The summed E-state index contributed by atoms with van der Waals surface area (Å²) in [5.41, 5.74) is 0. The quantitative estimate of drug-likeness (QED) is 0.664. The minimum atomic E-state index is -0.0518. The van der Waals surface area contributed by atoms with Crippen molar-refractivity contribution < 1.29 is 21.2 Å². The molecule has 0 spiro atoms. The highest BCUT2D eigenvalue weighted by molar-refractivity contribution is 4.99. The largest absolute Gasteiger partial charge is 0.379 e. The SMILES string of the molecule is c1ccc([I+]c2cnc[nH]2)cc1. The van der Waals surface area contributed by atoms with Gasteiger partial charge in [-0.15, -0.1) is 0 Å². The maximum absolute atomic E-state index is 3.99. The highest BCUT2D eigenvalue weighted by Crippen LogP contribution is 1.82. The van der Waals surface area contributed by atoms with Crippen LogP contribution in [-0.4, -0.2) is 9.97 Å². The Hall–Kier alpha value is -0.840. The second-order valence-corrected chi connectivity index (χ2v) is 5.24. The van der Waals surface area contributed by atoms with E-state index in [9.17, 15) is 0 Å². The fourth-order valence-electron chi connectivity index (χ4n) is 0.886. The summed E-state index contributed by atoms with van der Waals surface area (Å²) in [5, 5.41) is 0. The standard InChI is InChI=1S/C9H8IN2/c1-2-4-8(5-3-1)10-9-6-11-7-12-9/h1-7H,(H,11,12)/q+1. The molecule has 1 aromatic carbocycles. The van der Waals surface area contributed by atoms with Crippen LogP contribution in [-0.2, 0) is 0 Å². The fourth-order valence-corrected chi connectivity index (χ4v) is 2.93. The molecule has 0 aliphatic rings. The van der Waals surface area contributed by atoms with E-state index in [2.05, 4.69) is 34.2 Å². The molecule has 0 aliphatic heterocycles. The van der Waals surface area contributed by atoms with Crippen LogP contribution in [0.2, 0.25) is 0 Å². The minimum Gasteiger partial charge on any atom is -0.307 e. The lowest BCUT2D eigenvalue weighted by Gasteiger charge is -1.79. The van der Waals surface area contributed by atoms with Crippen LogP contribution < -0.4 is 21.2 Å². The molecule has 0 radical (unpaired) electrons. The van der Waals surface area contributed by atoms with Gasteiger partial charge in [0, 0.05) is 0 Å². The first-order valence-corrected chi connectivity index (χ1v) is 5.79. The van der Waals surface area contributed by atoms with Crippen LogP contribution in [0.1, 0.15) is 0 Å². The average Bonchev–Trinajstić information content (AvgIpc) is 2.59. The highest BCUT2D eigenvalue weighted by atomic mass is 127. The number of aromatic amines is 1. The molecule has 1 heterocycles. The molecule has 12 heavy (non-hydrogen) atoms. The summed E-state index contributed by atoms with van der Waals surface area (Å²) < 4.78 is 2.68. The molecule has 0 bridgehead atoms. The van der Waals surface area contributed by atoms with E-state index in [-0.39, 0.29) is 21.2 Å². The first-order chi connectivity index (χ1) is 5.95. The minimum absolute atomic E-state index is 0.0518. The van der Waals surface area contributed by atoms with E-state index >= 15 is 0 Å². The molecule has 0 fully saturated rings. The van der Waals surface area contributed by atoms with Crippen molar-refractivity contribution in [2.75, 3.05) is 0 Å². The summed E-state index contributed by atoms with van der Waals surface area (Å²) in [6.45, 7) is 0. The lowest BCUT2D eigenvalue weighted by Crippen LogP contribution is -3.61. The topological polar surface area (TPSA) is 28.7 Å². The maximum Gasteiger partial charge on any atom is 0.379 e. The van der Waals surface area contributed by atoms with E-state index in [1.54, 1.807) is 6.33 Å². The molecule has 3 heteroatoms. The summed E-state index contributed by atoms with van der Waals surface area (Å²) in [4.78, 5) is 7.11. The average molecular weight is 271 g/mol. The van der Waals surface area contributed by atoms with E-state index in [4.69, 9.17) is 0 Å². The van der Waals surface area contributed by atoms with Crippen molar-refractivity contribution in [3.05, 3.63) is 50.1 Å². The number of hydrogen-bond acceptors (Lipinski definition) is 1. The maximum atomic E-state index is 3.99. The summed E-state index contributed by atoms with van der Waals surface area (Å²) >= 11 is -0.0518. The van der Waals surface area contributed by atoms with Crippen LogP contribution in [0.25, 0.3) is 0 Å². The van der Waals surface area contributed by atoms with Crippen molar-refractivity contribution in [3.8, 4) is 0 Å². The van der Waals surface area contributed by atoms with Gasteiger partial charge in [-0.25, -0.2) is 4.98 Å². The van der Waals surface area contributed by atoms with Crippen LogP contribution in [0.4, 0.5) is 0 Å². The molecule has 0 aliphatic carbocycles. The number of halogens is 1. The number of rotatable bonds is 2. The second-order valence-electron chi connectivity index (χ2n) is 2.29. The van der Waals surface area contributed by atoms with Gasteiger partial charge in [-0.05, 0) is 12.1 Å². The summed E-state index contributed by atoms with van der Waals surface area (Å²) in [7, 11) is 0. The van der Waals surface area contributed by atoms with Gasteiger partial charge in [0.2, 0.25) is 0 Å². The highest BCUT2D eigenvalue weighted by Gasteiger charge is 2.15. The third kappa shape index (κ3) is 1.85. The van der Waals surface area contributed by atoms with Crippen LogP contribution in [0.3, 0.4) is 0 Å². The lowest BCUT2D eigenvalue weighted by molar-refractivity contribution is -0.603. The predicted molar refractivity (Wildman–Crippen MR) is 42.4 cm³/mol. The van der Waals surface area contributed by atoms with Crippen LogP contribution in [0, 0.1) is 7.27 Å². The molecule has 60 valence electrons. The predicted octanol–water partition coefficient (Wildman–Crippen LogP) is -1.46. The zero-order chi connectivity index (χ0) is 8.23. The van der Waals surface area contributed by atoms with E-state index in [1.807, 2.05) is 12.3 Å². The van der Waals surface area contributed by atoms with E-state index < -0.39 is 0 Å². The van der Waals surface area contributed by atoms with Crippen LogP contribution >= 0.6 is 0 Å². The van der Waals surface area contributed by atoms with Gasteiger partial charge in [-0.2, -0.15) is 0 Å². The lowest BCUT2D eigenvalue weighted by atomic mass is 10.4. The second kappa shape index (κ2) is 3.71. The number of hydrogen-bond donors (Lipinski definition) is 1. The van der Waals surface area contributed by atoms with Gasteiger partial charge in [0.25, 0.3) is 3.70 Å². The number of H-pyrrole nitrogens is 1. The first kappa shape index (κ1) is 7.79. The zero-order valence-corrected chi connectivity index (χ0v) is 8.52. The summed E-state index contributed by atoms with van der Waals surface area (Å²) in [6, 6.07) is 10.5. The van der Waals surface area contributed by atoms with Gasteiger partial charge in [-0.3, -0.25) is 0 Å². The number of aromatic nitrogens is 2. The third-order valence-electron chi connectivity index (χ3n) is 1.41. The number of imidazole rings is 1. The van der Waals surface area contributed by atoms with Crippen molar-refractivity contribution in [3.63, 3.8) is 0 Å². The van der Waals surface area contributed by atoms with E-state index in [0.29, 0.717) is 0 Å². The van der Waals surface area contributed by atoms with Gasteiger partial charge in [0.1, 0.15) is 6.20 Å². The molecule has 0 unspecified atom stereocenters. The molecule has 2 rings (SSSR count). The van der Waals surface area contributed by atoms with Crippen molar-refractivity contribution in [2.24, 2.45) is 0 Å². The van der Waals surface area contributed by atoms with Crippen molar-refractivity contribution >= 4 is 0 Å². The fraction of sp³-hybridized carbons (Fsp3) is 0. The first-order valence-electron chi connectivity index (χ1n) is 3.63. The van der Waals surface area contributed by atoms with E-state index in [1.165, 1.54) is 7.27 Å². The van der Waals surface area contributed by atoms with Gasteiger partial charge in [0.05, 0.1) is 6.33 Å². The number of nitrogens with zero attached hydrogens (tertiary/aromatic N) is 1. The van der Waals surface area contributed by atoms with Crippen molar-refractivity contribution in [1.82, 2.24) is 9.97 Å². The Morgan fingerprint density at radius 1 is 1.17 bits per heavy atom. The number of nitrogens with one attached hydrogen (secondary N) is 1. The molecule has 2 nitrogen and oxygen atoms in total. The molecule has 0 saturated heterocycles. The molecule has 0 atom stereocenters. The normalized spacial score (nSPS) is 10.0. The molecule has 2 aromatic rings. The van der Waals surface area contributed by atoms with Crippen LogP contribution in [0.5, 0.6) is 0 Å². The smallest absolute Gasteiger partial charge is 0.307 e. The van der Waals surface area contributed by atoms with E-state index in [0.717, 1.165) is 0 Å². The molecular formula is C9H8IN2+. The number of benzene rings is 1. The molecular weight excluding hydrogens is 263 g/mol. The molecule has 1 aromatic heterocycles. The summed E-state index contributed by atoms with van der Waals surface area (Å²) in [5.74, 6) is 0. The monoisotopic (exact) mass is 271 g/mol. The Kier molecular flexibility index (Phi) is 2.41. The Bertz CT molecular complexity index is 329. The Balaban J connectivity index is 2.15. The van der Waals surface area contributed by atoms with Crippen molar-refractivity contribution in [1.29, 1.82) is 0 Å². The van der Waals surface area contributed by atoms with Crippen molar-refractivity contribution in [2.45, 2.75) is 0 Å².